The molecule has 0 saturated carbocycles. The van der Waals surface area contributed by atoms with E-state index >= 15 is 0 Å². The number of aromatic nitrogens is 1. The first-order chi connectivity index (χ1) is 9.44. The van der Waals surface area contributed by atoms with Gasteiger partial charge in [-0.15, -0.1) is 0 Å². The number of nitrogens with zero attached hydrogens (tertiary/aromatic N) is 1. The Kier molecular flexibility index (Phi) is 3.96. The predicted octanol–water partition coefficient (Wildman–Crippen LogP) is 1.65. The molecular formula is C12H10F2N2O3S. The molecule has 0 spiro atoms. The first kappa shape index (κ1) is 14.4. The van der Waals surface area contributed by atoms with Gasteiger partial charge in [0.2, 0.25) is 0 Å². The Morgan fingerprint density at radius 1 is 1.25 bits per heavy atom. The number of hydrogen-bond acceptors (Lipinski definition) is 4. The van der Waals surface area contributed by atoms with E-state index in [1.807, 2.05) is 4.72 Å². The lowest BCUT2D eigenvalue weighted by atomic mass is 10.2. The molecular weight excluding hydrogens is 290 g/mol. The van der Waals surface area contributed by atoms with Crippen molar-refractivity contribution in [3.8, 4) is 0 Å². The molecule has 0 bridgehead atoms. The highest BCUT2D eigenvalue weighted by atomic mass is 32.2. The highest BCUT2D eigenvalue weighted by molar-refractivity contribution is 7.92. The van der Waals surface area contributed by atoms with Gasteiger partial charge in [0, 0.05) is 6.20 Å². The second kappa shape index (κ2) is 5.51. The highest BCUT2D eigenvalue weighted by Crippen LogP contribution is 2.22. The average Bonchev–Trinajstić information content (AvgIpc) is 2.41. The fourth-order valence-electron chi connectivity index (χ4n) is 1.57. The number of anilines is 1. The number of pyridine rings is 1. The minimum Gasteiger partial charge on any atom is -0.392 e. The first-order valence-corrected chi connectivity index (χ1v) is 6.94. The molecule has 106 valence electrons. The number of hydrogen-bond donors (Lipinski definition) is 2. The third-order valence-corrected chi connectivity index (χ3v) is 3.95. The van der Waals surface area contributed by atoms with Gasteiger partial charge in [-0.25, -0.2) is 17.2 Å². The lowest BCUT2D eigenvalue weighted by molar-refractivity contribution is 0.278. The smallest absolute Gasteiger partial charge is 0.262 e. The number of benzene rings is 1. The summed E-state index contributed by atoms with van der Waals surface area (Å²) in [5, 5.41) is 9.09. The zero-order valence-electron chi connectivity index (χ0n) is 10.0. The molecule has 0 atom stereocenters. The van der Waals surface area contributed by atoms with E-state index < -0.39 is 33.2 Å². The number of nitrogens with one attached hydrogen (secondary N) is 1. The summed E-state index contributed by atoms with van der Waals surface area (Å²) in [6.07, 6.45) is 2.05. The van der Waals surface area contributed by atoms with Crippen molar-refractivity contribution in [2.75, 3.05) is 4.72 Å². The number of aliphatic hydroxyl groups is 1. The quantitative estimate of drug-likeness (QED) is 0.900. The van der Waals surface area contributed by atoms with Crippen LogP contribution in [0.2, 0.25) is 0 Å². The van der Waals surface area contributed by atoms with Crippen LogP contribution in [0, 0.1) is 11.6 Å². The zero-order valence-corrected chi connectivity index (χ0v) is 10.9. The summed E-state index contributed by atoms with van der Waals surface area (Å²) in [7, 11) is -4.22. The van der Waals surface area contributed by atoms with E-state index in [1.165, 1.54) is 6.20 Å². The van der Waals surface area contributed by atoms with Crippen LogP contribution in [0.25, 0.3) is 0 Å². The molecule has 2 rings (SSSR count). The highest BCUT2D eigenvalue weighted by Gasteiger charge is 2.20. The van der Waals surface area contributed by atoms with Crippen molar-refractivity contribution < 1.29 is 22.3 Å². The minimum absolute atomic E-state index is 0.00774. The molecule has 2 N–H and O–H groups in total. The van der Waals surface area contributed by atoms with Gasteiger partial charge in [0.1, 0.15) is 5.82 Å². The van der Waals surface area contributed by atoms with Crippen LogP contribution in [0.15, 0.2) is 41.6 Å². The van der Waals surface area contributed by atoms with Gasteiger partial charge in [-0.05, 0) is 23.8 Å². The van der Waals surface area contributed by atoms with Gasteiger partial charge in [0.15, 0.2) is 5.82 Å². The summed E-state index contributed by atoms with van der Waals surface area (Å²) in [6.45, 7) is -0.588. The van der Waals surface area contributed by atoms with Crippen LogP contribution in [0.4, 0.5) is 14.5 Å². The fourth-order valence-corrected chi connectivity index (χ4v) is 2.88. The Labute approximate surface area is 114 Å². The number of aliphatic hydroxyl groups excluding tert-OH is 1. The van der Waals surface area contributed by atoms with Crippen LogP contribution in [0.5, 0.6) is 0 Å². The Bertz CT molecular complexity index is 735. The summed E-state index contributed by atoms with van der Waals surface area (Å²) >= 11 is 0. The van der Waals surface area contributed by atoms with Crippen molar-refractivity contribution >= 4 is 15.7 Å². The summed E-state index contributed by atoms with van der Waals surface area (Å²) in [5.41, 5.74) is -0.304. The monoisotopic (exact) mass is 300 g/mol. The van der Waals surface area contributed by atoms with Crippen LogP contribution in [0.3, 0.4) is 0 Å². The second-order valence-corrected chi connectivity index (χ2v) is 5.52. The molecule has 20 heavy (non-hydrogen) atoms. The van der Waals surface area contributed by atoms with Crippen molar-refractivity contribution in [1.29, 1.82) is 0 Å². The van der Waals surface area contributed by atoms with Gasteiger partial charge in [-0.3, -0.25) is 9.71 Å². The fraction of sp³-hybridized carbons (Fsp3) is 0.0833. The summed E-state index contributed by atoms with van der Waals surface area (Å²) in [5.74, 6) is -1.64. The molecule has 0 radical (unpaired) electrons. The average molecular weight is 300 g/mol. The normalized spacial score (nSPS) is 11.3. The van der Waals surface area contributed by atoms with Gasteiger partial charge >= 0.3 is 0 Å². The van der Waals surface area contributed by atoms with E-state index in [0.29, 0.717) is 0 Å². The van der Waals surface area contributed by atoms with Crippen LogP contribution in [-0.2, 0) is 16.6 Å². The van der Waals surface area contributed by atoms with Crippen molar-refractivity contribution in [3.05, 3.63) is 53.9 Å². The first-order valence-electron chi connectivity index (χ1n) is 5.45. The third-order valence-electron chi connectivity index (χ3n) is 2.51. The molecule has 8 heteroatoms. The Morgan fingerprint density at radius 3 is 2.65 bits per heavy atom. The van der Waals surface area contributed by atoms with E-state index in [0.717, 1.165) is 30.5 Å². The molecule has 0 amide bonds. The summed E-state index contributed by atoms with van der Waals surface area (Å²) < 4.78 is 52.8. The molecule has 1 aromatic heterocycles. The standard InChI is InChI=1S/C12H10F2N2O3S/c13-9-2-1-8(7-17)12(5-9)20(18,19)16-11-3-4-15-6-10(11)14/h1-6,17H,7H2,(H,15,16). The summed E-state index contributed by atoms with van der Waals surface area (Å²) in [6, 6.07) is 4.06. The van der Waals surface area contributed by atoms with Crippen molar-refractivity contribution in [2.24, 2.45) is 0 Å². The van der Waals surface area contributed by atoms with Crippen molar-refractivity contribution in [1.82, 2.24) is 4.98 Å². The molecule has 0 aliphatic carbocycles. The van der Waals surface area contributed by atoms with Gasteiger partial charge in [-0.1, -0.05) is 6.07 Å². The molecule has 1 aromatic carbocycles. The minimum atomic E-state index is -4.22. The number of rotatable bonds is 4. The van der Waals surface area contributed by atoms with Gasteiger partial charge in [-0.2, -0.15) is 0 Å². The predicted molar refractivity (Wildman–Crippen MR) is 67.3 cm³/mol. The van der Waals surface area contributed by atoms with Crippen LogP contribution >= 0.6 is 0 Å². The van der Waals surface area contributed by atoms with Crippen molar-refractivity contribution in [3.63, 3.8) is 0 Å². The molecule has 0 unspecified atom stereocenters. The molecule has 1 heterocycles. The van der Waals surface area contributed by atoms with Crippen molar-refractivity contribution in [2.45, 2.75) is 11.5 Å². The maximum Gasteiger partial charge on any atom is 0.262 e. The van der Waals surface area contributed by atoms with Crippen LogP contribution in [-0.4, -0.2) is 18.5 Å². The topological polar surface area (TPSA) is 79.3 Å². The lowest BCUT2D eigenvalue weighted by Gasteiger charge is -2.11. The Balaban J connectivity index is 2.46. The van der Waals surface area contributed by atoms with Gasteiger partial charge < -0.3 is 5.11 Å². The Hall–Kier alpha value is -2.06. The zero-order chi connectivity index (χ0) is 14.8. The molecule has 0 saturated heterocycles. The third kappa shape index (κ3) is 2.91. The van der Waals surface area contributed by atoms with E-state index in [4.69, 9.17) is 5.11 Å². The number of halogens is 2. The van der Waals surface area contributed by atoms with Gasteiger partial charge in [0.25, 0.3) is 10.0 Å². The largest absolute Gasteiger partial charge is 0.392 e. The van der Waals surface area contributed by atoms with Gasteiger partial charge in [0.05, 0.1) is 23.4 Å². The summed E-state index contributed by atoms with van der Waals surface area (Å²) in [4.78, 5) is 3.04. The number of sulfonamides is 1. The molecule has 5 nitrogen and oxygen atoms in total. The maximum absolute atomic E-state index is 13.4. The van der Waals surface area contributed by atoms with E-state index in [2.05, 4.69) is 4.98 Å². The molecule has 0 aliphatic rings. The van der Waals surface area contributed by atoms with E-state index in [1.54, 1.807) is 0 Å². The molecule has 0 aliphatic heterocycles. The maximum atomic E-state index is 13.4. The Morgan fingerprint density at radius 2 is 2.00 bits per heavy atom. The lowest BCUT2D eigenvalue weighted by Crippen LogP contribution is -2.16. The SMILES string of the molecule is O=S(=O)(Nc1ccncc1F)c1cc(F)ccc1CO. The second-order valence-electron chi connectivity index (χ2n) is 3.87. The van der Waals surface area contributed by atoms with E-state index in [-0.39, 0.29) is 11.3 Å². The molecule has 2 aromatic rings. The van der Waals surface area contributed by atoms with E-state index in [9.17, 15) is 17.2 Å². The van der Waals surface area contributed by atoms with Crippen LogP contribution < -0.4 is 4.72 Å². The molecule has 0 fully saturated rings. The van der Waals surface area contributed by atoms with Crippen LogP contribution in [0.1, 0.15) is 5.56 Å².